The summed E-state index contributed by atoms with van der Waals surface area (Å²) < 4.78 is 10.6. The summed E-state index contributed by atoms with van der Waals surface area (Å²) in [5.74, 6) is 6.69. The minimum absolute atomic E-state index is 0.459. The first-order chi connectivity index (χ1) is 7.88. The van der Waals surface area contributed by atoms with Gasteiger partial charge in [-0.25, -0.2) is 10.8 Å². The molecule has 5 heteroatoms. The molecule has 0 bridgehead atoms. The summed E-state index contributed by atoms with van der Waals surface area (Å²) in [6.45, 7) is 0.957. The first-order valence-electron chi connectivity index (χ1n) is 4.90. The van der Waals surface area contributed by atoms with Gasteiger partial charge in [-0.15, -0.1) is 0 Å². The van der Waals surface area contributed by atoms with Crippen molar-refractivity contribution in [2.45, 2.75) is 13.2 Å². The van der Waals surface area contributed by atoms with E-state index in [0.717, 1.165) is 11.3 Å². The van der Waals surface area contributed by atoms with Crippen molar-refractivity contribution < 1.29 is 9.15 Å². The lowest BCUT2D eigenvalue weighted by Gasteiger charge is -2.04. The number of pyridine rings is 1. The van der Waals surface area contributed by atoms with Crippen LogP contribution in [0.3, 0.4) is 0 Å². The Labute approximate surface area is 93.2 Å². The standard InChI is InChI=1S/C11H13N3O2/c12-14-11-6-9(3-4-13-11)7-15-8-10-2-1-5-16-10/h1-6H,7-8,12H2,(H,13,14). The van der Waals surface area contributed by atoms with Crippen molar-refractivity contribution in [3.8, 4) is 0 Å². The van der Waals surface area contributed by atoms with E-state index in [4.69, 9.17) is 15.0 Å². The van der Waals surface area contributed by atoms with E-state index < -0.39 is 0 Å². The average Bonchev–Trinajstić information content (AvgIpc) is 2.82. The normalized spacial score (nSPS) is 10.3. The molecule has 0 aliphatic rings. The number of hydrazine groups is 1. The zero-order valence-corrected chi connectivity index (χ0v) is 8.72. The van der Waals surface area contributed by atoms with Crippen LogP contribution in [0, 0.1) is 0 Å². The summed E-state index contributed by atoms with van der Waals surface area (Å²) in [5.41, 5.74) is 3.49. The molecule has 0 unspecified atom stereocenters. The molecule has 0 atom stereocenters. The van der Waals surface area contributed by atoms with Crippen LogP contribution in [0.1, 0.15) is 11.3 Å². The van der Waals surface area contributed by atoms with Gasteiger partial charge in [-0.3, -0.25) is 0 Å². The Morgan fingerprint density at radius 3 is 3.06 bits per heavy atom. The van der Waals surface area contributed by atoms with Gasteiger partial charge in [0.25, 0.3) is 0 Å². The highest BCUT2D eigenvalue weighted by atomic mass is 16.5. The van der Waals surface area contributed by atoms with Crippen molar-refractivity contribution in [1.82, 2.24) is 4.98 Å². The summed E-state index contributed by atoms with van der Waals surface area (Å²) in [6, 6.07) is 7.42. The number of nitrogen functional groups attached to an aromatic ring is 1. The number of anilines is 1. The van der Waals surface area contributed by atoms with E-state index in [9.17, 15) is 0 Å². The minimum Gasteiger partial charge on any atom is -0.467 e. The molecule has 5 nitrogen and oxygen atoms in total. The summed E-state index contributed by atoms with van der Waals surface area (Å²) >= 11 is 0. The summed E-state index contributed by atoms with van der Waals surface area (Å²) in [6.07, 6.45) is 3.31. The van der Waals surface area contributed by atoms with Crippen molar-refractivity contribution in [3.63, 3.8) is 0 Å². The molecule has 2 rings (SSSR count). The molecule has 0 radical (unpaired) electrons. The Morgan fingerprint density at radius 1 is 1.38 bits per heavy atom. The van der Waals surface area contributed by atoms with E-state index in [0.29, 0.717) is 19.0 Å². The van der Waals surface area contributed by atoms with Crippen molar-refractivity contribution in [3.05, 3.63) is 48.0 Å². The first kappa shape index (κ1) is 10.7. The van der Waals surface area contributed by atoms with Crippen LogP contribution in [0.5, 0.6) is 0 Å². The van der Waals surface area contributed by atoms with Crippen LogP contribution < -0.4 is 11.3 Å². The molecule has 0 fully saturated rings. The SMILES string of the molecule is NNc1cc(COCc2ccco2)ccn1. The molecule has 0 saturated heterocycles. The number of furan rings is 1. The van der Waals surface area contributed by atoms with Crippen molar-refractivity contribution in [2.24, 2.45) is 5.84 Å². The molecule has 84 valence electrons. The molecule has 0 amide bonds. The fourth-order valence-electron chi connectivity index (χ4n) is 1.31. The number of aromatic nitrogens is 1. The predicted octanol–water partition coefficient (Wildman–Crippen LogP) is 1.68. The van der Waals surface area contributed by atoms with Crippen LogP contribution in [0.4, 0.5) is 5.82 Å². The third-order valence-corrected chi connectivity index (χ3v) is 2.07. The number of nitrogens with two attached hydrogens (primary N) is 1. The molecular weight excluding hydrogens is 206 g/mol. The van der Waals surface area contributed by atoms with E-state index in [1.165, 1.54) is 0 Å². The molecule has 2 heterocycles. The quantitative estimate of drug-likeness (QED) is 0.591. The van der Waals surface area contributed by atoms with Gasteiger partial charge >= 0.3 is 0 Å². The van der Waals surface area contributed by atoms with Crippen LogP contribution in [0.2, 0.25) is 0 Å². The highest BCUT2D eigenvalue weighted by Crippen LogP contribution is 2.08. The zero-order chi connectivity index (χ0) is 11.2. The van der Waals surface area contributed by atoms with Gasteiger partial charge in [0.2, 0.25) is 0 Å². The third kappa shape index (κ3) is 2.82. The highest BCUT2D eigenvalue weighted by molar-refractivity contribution is 5.35. The topological polar surface area (TPSA) is 73.3 Å². The molecule has 0 saturated carbocycles. The largest absolute Gasteiger partial charge is 0.467 e. The average molecular weight is 219 g/mol. The van der Waals surface area contributed by atoms with Gasteiger partial charge in [0.05, 0.1) is 12.9 Å². The molecule has 0 aliphatic carbocycles. The van der Waals surface area contributed by atoms with Crippen LogP contribution in [0.25, 0.3) is 0 Å². The first-order valence-corrected chi connectivity index (χ1v) is 4.90. The van der Waals surface area contributed by atoms with E-state index in [-0.39, 0.29) is 0 Å². The van der Waals surface area contributed by atoms with Crippen LogP contribution in [-0.4, -0.2) is 4.98 Å². The Hall–Kier alpha value is -1.85. The second kappa shape index (κ2) is 5.29. The number of hydrogen-bond acceptors (Lipinski definition) is 5. The van der Waals surface area contributed by atoms with Gasteiger partial charge in [0.1, 0.15) is 18.2 Å². The van der Waals surface area contributed by atoms with E-state index in [1.807, 2.05) is 24.3 Å². The smallest absolute Gasteiger partial charge is 0.140 e. The lowest BCUT2D eigenvalue weighted by atomic mass is 10.3. The molecule has 2 aromatic heterocycles. The minimum atomic E-state index is 0.459. The maximum atomic E-state index is 5.47. The lowest BCUT2D eigenvalue weighted by Crippen LogP contribution is -2.08. The molecule has 0 aliphatic heterocycles. The summed E-state index contributed by atoms with van der Waals surface area (Å²) in [5, 5.41) is 0. The van der Waals surface area contributed by atoms with Crippen molar-refractivity contribution in [2.75, 3.05) is 5.43 Å². The monoisotopic (exact) mass is 219 g/mol. The van der Waals surface area contributed by atoms with Gasteiger partial charge < -0.3 is 14.6 Å². The van der Waals surface area contributed by atoms with Crippen LogP contribution in [0.15, 0.2) is 41.1 Å². The number of nitrogens with one attached hydrogen (secondary N) is 1. The van der Waals surface area contributed by atoms with Gasteiger partial charge in [0, 0.05) is 6.20 Å². The maximum absolute atomic E-state index is 5.47. The van der Waals surface area contributed by atoms with Gasteiger partial charge in [-0.1, -0.05) is 0 Å². The molecule has 3 N–H and O–H groups in total. The van der Waals surface area contributed by atoms with E-state index in [1.54, 1.807) is 12.5 Å². The Balaban J connectivity index is 1.85. The molecular formula is C11H13N3O2. The number of ether oxygens (including phenoxy) is 1. The zero-order valence-electron chi connectivity index (χ0n) is 8.72. The second-order valence-corrected chi connectivity index (χ2v) is 3.27. The van der Waals surface area contributed by atoms with Crippen molar-refractivity contribution in [1.29, 1.82) is 0 Å². The number of hydrogen-bond donors (Lipinski definition) is 2. The molecule has 2 aromatic rings. The van der Waals surface area contributed by atoms with E-state index >= 15 is 0 Å². The van der Waals surface area contributed by atoms with Gasteiger partial charge in [0.15, 0.2) is 0 Å². The molecule has 0 spiro atoms. The lowest BCUT2D eigenvalue weighted by molar-refractivity contribution is 0.0929. The van der Waals surface area contributed by atoms with E-state index in [2.05, 4.69) is 10.4 Å². The summed E-state index contributed by atoms with van der Waals surface area (Å²) in [4.78, 5) is 4.01. The second-order valence-electron chi connectivity index (χ2n) is 3.27. The van der Waals surface area contributed by atoms with Crippen LogP contribution in [-0.2, 0) is 18.0 Å². The third-order valence-electron chi connectivity index (χ3n) is 2.07. The Morgan fingerprint density at radius 2 is 2.31 bits per heavy atom. The number of nitrogens with zero attached hydrogens (tertiary/aromatic N) is 1. The highest BCUT2D eigenvalue weighted by Gasteiger charge is 1.98. The molecule has 0 aromatic carbocycles. The Kier molecular flexibility index (Phi) is 3.53. The predicted molar refractivity (Wildman–Crippen MR) is 59.2 cm³/mol. The Bertz CT molecular complexity index is 429. The van der Waals surface area contributed by atoms with Gasteiger partial charge in [-0.2, -0.15) is 0 Å². The fraction of sp³-hybridized carbons (Fsp3) is 0.182. The summed E-state index contributed by atoms with van der Waals surface area (Å²) in [7, 11) is 0. The fourth-order valence-corrected chi connectivity index (χ4v) is 1.31. The maximum Gasteiger partial charge on any atom is 0.140 e. The molecule has 16 heavy (non-hydrogen) atoms. The van der Waals surface area contributed by atoms with Gasteiger partial charge in [-0.05, 0) is 29.8 Å². The van der Waals surface area contributed by atoms with Crippen molar-refractivity contribution >= 4 is 5.82 Å². The number of rotatable bonds is 5. The van der Waals surface area contributed by atoms with Crippen LogP contribution >= 0.6 is 0 Å².